The Morgan fingerprint density at radius 1 is 1.32 bits per heavy atom. The maximum atomic E-state index is 12.3. The summed E-state index contributed by atoms with van der Waals surface area (Å²) in [5.74, 6) is -1.02. The number of hydrogen-bond acceptors (Lipinski definition) is 5. The van der Waals surface area contributed by atoms with Crippen LogP contribution < -0.4 is 0 Å². The third-order valence-corrected chi connectivity index (χ3v) is 3.73. The van der Waals surface area contributed by atoms with Gasteiger partial charge in [0, 0.05) is 17.9 Å². The first-order chi connectivity index (χ1) is 10.2. The van der Waals surface area contributed by atoms with E-state index in [1.54, 1.807) is 25.2 Å². The summed E-state index contributed by atoms with van der Waals surface area (Å²) in [5.41, 5.74) is 1.07. The van der Waals surface area contributed by atoms with E-state index in [9.17, 15) is 14.4 Å². The van der Waals surface area contributed by atoms with Gasteiger partial charge in [-0.2, -0.15) is 0 Å². The van der Waals surface area contributed by atoms with Crippen LogP contribution >= 0.6 is 0 Å². The summed E-state index contributed by atoms with van der Waals surface area (Å²) in [6, 6.07) is 0. The Kier molecular flexibility index (Phi) is 5.85. The molecule has 0 unspecified atom stereocenters. The Morgan fingerprint density at radius 3 is 2.45 bits per heavy atom. The SMILES string of the molecule is CC=C(COC(C)=O)C(=O)O[C@@H]1C(C)=CC=C(C=O)C1(C)C. The maximum absolute atomic E-state index is 12.3. The molecule has 1 aliphatic rings. The molecule has 120 valence electrons. The standard InChI is InChI=1S/C17H22O5/c1-6-13(10-21-12(3)19)16(20)22-15-11(2)7-8-14(9-18)17(15,4)5/h6-9,15H,10H2,1-5H3/t15-/m1/s1. The Balaban J connectivity index is 2.91. The van der Waals surface area contributed by atoms with Crippen molar-refractivity contribution in [2.45, 2.75) is 40.7 Å². The average molecular weight is 306 g/mol. The van der Waals surface area contributed by atoms with Gasteiger partial charge >= 0.3 is 11.9 Å². The van der Waals surface area contributed by atoms with Gasteiger partial charge < -0.3 is 9.47 Å². The average Bonchev–Trinajstić information content (AvgIpc) is 2.43. The van der Waals surface area contributed by atoms with E-state index >= 15 is 0 Å². The Hall–Kier alpha value is -2.17. The van der Waals surface area contributed by atoms with Gasteiger partial charge in [-0.15, -0.1) is 0 Å². The molecular weight excluding hydrogens is 284 g/mol. The molecule has 0 radical (unpaired) electrons. The van der Waals surface area contributed by atoms with E-state index < -0.39 is 23.5 Å². The number of rotatable bonds is 5. The number of carbonyl (C=O) groups is 3. The highest BCUT2D eigenvalue weighted by Crippen LogP contribution is 2.38. The van der Waals surface area contributed by atoms with Gasteiger partial charge in [0.05, 0.1) is 5.57 Å². The quantitative estimate of drug-likeness (QED) is 0.443. The van der Waals surface area contributed by atoms with Crippen molar-refractivity contribution in [3.05, 3.63) is 34.9 Å². The molecule has 0 heterocycles. The second-order valence-corrected chi connectivity index (χ2v) is 5.75. The summed E-state index contributed by atoms with van der Waals surface area (Å²) in [6.45, 7) is 8.37. The third kappa shape index (κ3) is 3.93. The number of aldehydes is 1. The van der Waals surface area contributed by atoms with Crippen LogP contribution in [0.15, 0.2) is 34.9 Å². The Morgan fingerprint density at radius 2 is 1.95 bits per heavy atom. The number of carbonyl (C=O) groups excluding carboxylic acids is 3. The lowest BCUT2D eigenvalue weighted by molar-refractivity contribution is -0.149. The van der Waals surface area contributed by atoms with Crippen LogP contribution in [-0.4, -0.2) is 30.9 Å². The summed E-state index contributed by atoms with van der Waals surface area (Å²) in [4.78, 5) is 34.3. The van der Waals surface area contributed by atoms with Crippen molar-refractivity contribution in [3.63, 3.8) is 0 Å². The van der Waals surface area contributed by atoms with Gasteiger partial charge in [0.2, 0.25) is 0 Å². The van der Waals surface area contributed by atoms with Crippen LogP contribution in [-0.2, 0) is 23.9 Å². The van der Waals surface area contributed by atoms with E-state index in [2.05, 4.69) is 0 Å². The van der Waals surface area contributed by atoms with Gasteiger partial charge in [0.15, 0.2) is 0 Å². The Bertz CT molecular complexity index is 564. The van der Waals surface area contributed by atoms with Crippen molar-refractivity contribution < 1.29 is 23.9 Å². The molecule has 1 atom stereocenters. The van der Waals surface area contributed by atoms with Crippen molar-refractivity contribution in [1.82, 2.24) is 0 Å². The zero-order chi connectivity index (χ0) is 16.9. The zero-order valence-electron chi connectivity index (χ0n) is 13.6. The molecule has 0 saturated carbocycles. The minimum absolute atomic E-state index is 0.128. The fourth-order valence-electron chi connectivity index (χ4n) is 2.30. The lowest BCUT2D eigenvalue weighted by Crippen LogP contribution is -2.39. The first kappa shape index (κ1) is 17.9. The predicted octanol–water partition coefficient (Wildman–Crippen LogP) is 2.52. The van der Waals surface area contributed by atoms with Crippen molar-refractivity contribution in [1.29, 1.82) is 0 Å². The molecule has 0 aliphatic heterocycles. The smallest absolute Gasteiger partial charge is 0.337 e. The lowest BCUT2D eigenvalue weighted by atomic mass is 9.73. The highest BCUT2D eigenvalue weighted by Gasteiger charge is 2.39. The van der Waals surface area contributed by atoms with Gasteiger partial charge in [0.1, 0.15) is 19.0 Å². The van der Waals surface area contributed by atoms with E-state index in [1.807, 2.05) is 20.8 Å². The van der Waals surface area contributed by atoms with E-state index in [1.165, 1.54) is 6.92 Å². The van der Waals surface area contributed by atoms with E-state index in [0.717, 1.165) is 11.9 Å². The molecule has 0 N–H and O–H groups in total. The van der Waals surface area contributed by atoms with Gasteiger partial charge in [-0.1, -0.05) is 32.1 Å². The van der Waals surface area contributed by atoms with Gasteiger partial charge in [0.25, 0.3) is 0 Å². The normalized spacial score (nSPS) is 20.6. The molecule has 5 heteroatoms. The monoisotopic (exact) mass is 306 g/mol. The molecule has 0 bridgehead atoms. The molecule has 0 saturated heterocycles. The number of ether oxygens (including phenoxy) is 2. The second-order valence-electron chi connectivity index (χ2n) is 5.75. The third-order valence-electron chi connectivity index (χ3n) is 3.73. The van der Waals surface area contributed by atoms with Crippen LogP contribution in [0.5, 0.6) is 0 Å². The fourth-order valence-corrected chi connectivity index (χ4v) is 2.30. The highest BCUT2D eigenvalue weighted by atomic mass is 16.6. The van der Waals surface area contributed by atoms with Crippen LogP contribution in [0.25, 0.3) is 0 Å². The number of allylic oxidation sites excluding steroid dienone is 3. The predicted molar refractivity (Wildman–Crippen MR) is 82.0 cm³/mol. The van der Waals surface area contributed by atoms with Crippen molar-refractivity contribution >= 4 is 18.2 Å². The summed E-state index contributed by atoms with van der Waals surface area (Å²) in [7, 11) is 0. The summed E-state index contributed by atoms with van der Waals surface area (Å²) in [5, 5.41) is 0. The molecule has 0 aromatic carbocycles. The maximum Gasteiger partial charge on any atom is 0.337 e. The first-order valence-corrected chi connectivity index (χ1v) is 7.07. The molecule has 0 aromatic heterocycles. The molecule has 0 amide bonds. The molecular formula is C17H22O5. The van der Waals surface area contributed by atoms with Crippen molar-refractivity contribution in [2.24, 2.45) is 5.41 Å². The van der Waals surface area contributed by atoms with Crippen LogP contribution in [0.4, 0.5) is 0 Å². The van der Waals surface area contributed by atoms with Crippen LogP contribution in [0.2, 0.25) is 0 Å². The topological polar surface area (TPSA) is 69.7 Å². The van der Waals surface area contributed by atoms with E-state index in [4.69, 9.17) is 9.47 Å². The van der Waals surface area contributed by atoms with Crippen LogP contribution in [0.1, 0.15) is 34.6 Å². The Labute approximate surface area is 130 Å². The molecule has 1 rings (SSSR count). The number of esters is 2. The van der Waals surface area contributed by atoms with Gasteiger partial charge in [-0.25, -0.2) is 4.79 Å². The fraction of sp³-hybridized carbons (Fsp3) is 0.471. The molecule has 0 spiro atoms. The summed E-state index contributed by atoms with van der Waals surface area (Å²) >= 11 is 0. The number of hydrogen-bond donors (Lipinski definition) is 0. The highest BCUT2D eigenvalue weighted by molar-refractivity contribution is 5.89. The minimum Gasteiger partial charge on any atom is -0.461 e. The second kappa shape index (κ2) is 7.20. The minimum atomic E-state index is -0.615. The van der Waals surface area contributed by atoms with Gasteiger partial charge in [-0.05, 0) is 19.4 Å². The molecule has 0 fully saturated rings. The van der Waals surface area contributed by atoms with E-state index in [-0.39, 0.29) is 12.2 Å². The first-order valence-electron chi connectivity index (χ1n) is 7.07. The summed E-state index contributed by atoms with van der Waals surface area (Å²) in [6.07, 6.45) is 5.30. The summed E-state index contributed by atoms with van der Waals surface area (Å²) < 4.78 is 10.4. The van der Waals surface area contributed by atoms with E-state index in [0.29, 0.717) is 5.57 Å². The molecule has 0 aromatic rings. The largest absolute Gasteiger partial charge is 0.461 e. The molecule has 5 nitrogen and oxygen atoms in total. The lowest BCUT2D eigenvalue weighted by Gasteiger charge is -2.37. The van der Waals surface area contributed by atoms with Crippen molar-refractivity contribution in [2.75, 3.05) is 6.61 Å². The van der Waals surface area contributed by atoms with Crippen molar-refractivity contribution in [3.8, 4) is 0 Å². The van der Waals surface area contributed by atoms with Crippen LogP contribution in [0.3, 0.4) is 0 Å². The van der Waals surface area contributed by atoms with Gasteiger partial charge in [-0.3, -0.25) is 9.59 Å². The molecule has 1 aliphatic carbocycles. The molecule has 22 heavy (non-hydrogen) atoms. The van der Waals surface area contributed by atoms with Crippen LogP contribution in [0, 0.1) is 5.41 Å². The zero-order valence-corrected chi connectivity index (χ0v) is 13.6.